The van der Waals surface area contributed by atoms with Crippen molar-refractivity contribution < 1.29 is 4.39 Å². The van der Waals surface area contributed by atoms with Crippen LogP contribution >= 0.6 is 0 Å². The SMILES string of the molecule is CCNC(c1ccncc1C)c1ccncc1F. The van der Waals surface area contributed by atoms with Crippen molar-refractivity contribution >= 4 is 0 Å². The van der Waals surface area contributed by atoms with Gasteiger partial charge in [0.25, 0.3) is 0 Å². The lowest BCUT2D eigenvalue weighted by Gasteiger charge is -2.20. The van der Waals surface area contributed by atoms with Gasteiger partial charge in [-0.15, -0.1) is 0 Å². The zero-order valence-electron chi connectivity index (χ0n) is 10.5. The molecule has 3 nitrogen and oxygen atoms in total. The van der Waals surface area contributed by atoms with E-state index in [1.165, 1.54) is 6.20 Å². The molecule has 0 fully saturated rings. The van der Waals surface area contributed by atoms with Gasteiger partial charge in [0.2, 0.25) is 0 Å². The lowest BCUT2D eigenvalue weighted by atomic mass is 9.97. The van der Waals surface area contributed by atoms with Crippen molar-refractivity contribution in [1.82, 2.24) is 15.3 Å². The third kappa shape index (κ3) is 2.54. The van der Waals surface area contributed by atoms with Gasteiger partial charge >= 0.3 is 0 Å². The van der Waals surface area contributed by atoms with Gasteiger partial charge in [-0.1, -0.05) is 6.92 Å². The number of hydrogen-bond acceptors (Lipinski definition) is 3. The van der Waals surface area contributed by atoms with Gasteiger partial charge in [-0.25, -0.2) is 4.39 Å². The third-order valence-corrected chi connectivity index (χ3v) is 2.90. The lowest BCUT2D eigenvalue weighted by Crippen LogP contribution is -2.23. The van der Waals surface area contributed by atoms with Gasteiger partial charge in [-0.3, -0.25) is 9.97 Å². The molecule has 2 heterocycles. The lowest BCUT2D eigenvalue weighted by molar-refractivity contribution is 0.553. The number of hydrogen-bond donors (Lipinski definition) is 1. The van der Waals surface area contributed by atoms with Gasteiger partial charge in [-0.2, -0.15) is 0 Å². The van der Waals surface area contributed by atoms with Crippen molar-refractivity contribution in [3.05, 3.63) is 59.4 Å². The molecule has 0 spiro atoms. The molecule has 0 radical (unpaired) electrons. The van der Waals surface area contributed by atoms with E-state index in [1.807, 2.05) is 19.9 Å². The molecule has 94 valence electrons. The summed E-state index contributed by atoms with van der Waals surface area (Å²) in [6.45, 7) is 4.74. The minimum absolute atomic E-state index is 0.166. The van der Waals surface area contributed by atoms with Crippen molar-refractivity contribution in [2.24, 2.45) is 0 Å². The first-order chi connectivity index (χ1) is 8.74. The highest BCUT2D eigenvalue weighted by atomic mass is 19.1. The summed E-state index contributed by atoms with van der Waals surface area (Å²) in [5, 5.41) is 3.30. The Labute approximate surface area is 106 Å². The zero-order chi connectivity index (χ0) is 13.0. The van der Waals surface area contributed by atoms with Gasteiger partial charge in [0.15, 0.2) is 0 Å². The van der Waals surface area contributed by atoms with E-state index in [4.69, 9.17) is 0 Å². The van der Waals surface area contributed by atoms with E-state index in [-0.39, 0.29) is 11.9 Å². The van der Waals surface area contributed by atoms with E-state index in [0.29, 0.717) is 5.56 Å². The smallest absolute Gasteiger partial charge is 0.146 e. The Morgan fingerprint density at radius 1 is 1.17 bits per heavy atom. The highest BCUT2D eigenvalue weighted by Gasteiger charge is 2.18. The first-order valence-electron chi connectivity index (χ1n) is 5.97. The molecule has 0 aliphatic heterocycles. The summed E-state index contributed by atoms with van der Waals surface area (Å²) in [7, 11) is 0. The summed E-state index contributed by atoms with van der Waals surface area (Å²) < 4.78 is 13.9. The first kappa shape index (κ1) is 12.6. The second kappa shape index (κ2) is 5.69. The van der Waals surface area contributed by atoms with Crippen LogP contribution in [0, 0.1) is 12.7 Å². The molecule has 1 N–H and O–H groups in total. The molecule has 1 atom stereocenters. The molecule has 4 heteroatoms. The van der Waals surface area contributed by atoms with Gasteiger partial charge in [0, 0.05) is 24.2 Å². The third-order valence-electron chi connectivity index (χ3n) is 2.90. The second-order valence-electron chi connectivity index (χ2n) is 4.12. The normalized spacial score (nSPS) is 12.4. The molecule has 2 rings (SSSR count). The predicted molar refractivity (Wildman–Crippen MR) is 68.7 cm³/mol. The molecule has 0 saturated heterocycles. The molecule has 2 aromatic rings. The van der Waals surface area contributed by atoms with Crippen LogP contribution in [-0.2, 0) is 0 Å². The summed E-state index contributed by atoms with van der Waals surface area (Å²) in [6.07, 6.45) is 6.38. The number of halogens is 1. The molecule has 0 aliphatic carbocycles. The molecular formula is C14H16FN3. The maximum Gasteiger partial charge on any atom is 0.146 e. The second-order valence-corrected chi connectivity index (χ2v) is 4.12. The van der Waals surface area contributed by atoms with Crippen LogP contribution in [0.2, 0.25) is 0 Å². The molecule has 0 amide bonds. The fourth-order valence-corrected chi connectivity index (χ4v) is 2.02. The molecule has 0 bridgehead atoms. The Hall–Kier alpha value is -1.81. The Morgan fingerprint density at radius 3 is 2.44 bits per heavy atom. The summed E-state index contributed by atoms with van der Waals surface area (Å²) in [5.41, 5.74) is 2.69. The molecule has 1 unspecified atom stereocenters. The Kier molecular flexibility index (Phi) is 3.99. The highest BCUT2D eigenvalue weighted by molar-refractivity contribution is 5.34. The molecule has 2 aromatic heterocycles. The van der Waals surface area contributed by atoms with E-state index >= 15 is 0 Å². The van der Waals surface area contributed by atoms with Crippen LogP contribution in [0.4, 0.5) is 4.39 Å². The number of rotatable bonds is 4. The van der Waals surface area contributed by atoms with Crippen molar-refractivity contribution in [2.45, 2.75) is 19.9 Å². The van der Waals surface area contributed by atoms with Crippen LogP contribution in [0.5, 0.6) is 0 Å². The largest absolute Gasteiger partial charge is 0.306 e. The Balaban J connectivity index is 2.47. The summed E-state index contributed by atoms with van der Waals surface area (Å²) in [6, 6.07) is 3.46. The average Bonchev–Trinajstić information content (AvgIpc) is 2.38. The average molecular weight is 245 g/mol. The van der Waals surface area contributed by atoms with E-state index in [1.54, 1.807) is 24.7 Å². The van der Waals surface area contributed by atoms with Crippen molar-refractivity contribution in [1.29, 1.82) is 0 Å². The molecule has 0 aromatic carbocycles. The Morgan fingerprint density at radius 2 is 1.83 bits per heavy atom. The van der Waals surface area contributed by atoms with E-state index in [0.717, 1.165) is 17.7 Å². The summed E-state index contributed by atoms with van der Waals surface area (Å²) in [5.74, 6) is -0.292. The molecular weight excluding hydrogens is 229 g/mol. The number of aromatic nitrogens is 2. The van der Waals surface area contributed by atoms with Gasteiger partial charge < -0.3 is 5.32 Å². The van der Waals surface area contributed by atoms with Crippen LogP contribution in [0.15, 0.2) is 36.9 Å². The fourth-order valence-electron chi connectivity index (χ4n) is 2.02. The zero-order valence-corrected chi connectivity index (χ0v) is 10.5. The molecule has 0 aliphatic rings. The quantitative estimate of drug-likeness (QED) is 0.899. The Bertz CT molecular complexity index is 482. The number of aryl methyl sites for hydroxylation is 1. The van der Waals surface area contributed by atoms with Crippen LogP contribution in [0.25, 0.3) is 0 Å². The van der Waals surface area contributed by atoms with Crippen molar-refractivity contribution in [3.63, 3.8) is 0 Å². The van der Waals surface area contributed by atoms with Crippen LogP contribution in [0.1, 0.15) is 29.7 Å². The molecule has 18 heavy (non-hydrogen) atoms. The maximum atomic E-state index is 13.9. The number of pyridine rings is 2. The number of nitrogens with one attached hydrogen (secondary N) is 1. The molecule has 0 saturated carbocycles. The van der Waals surface area contributed by atoms with Crippen LogP contribution in [0.3, 0.4) is 0 Å². The predicted octanol–water partition coefficient (Wildman–Crippen LogP) is 2.62. The maximum absolute atomic E-state index is 13.9. The summed E-state index contributed by atoms with van der Waals surface area (Å²) in [4.78, 5) is 7.86. The van der Waals surface area contributed by atoms with Crippen molar-refractivity contribution in [2.75, 3.05) is 6.54 Å². The van der Waals surface area contributed by atoms with Gasteiger partial charge in [-0.05, 0) is 36.7 Å². The van der Waals surface area contributed by atoms with Crippen LogP contribution in [-0.4, -0.2) is 16.5 Å². The van der Waals surface area contributed by atoms with E-state index in [9.17, 15) is 4.39 Å². The number of nitrogens with zero attached hydrogens (tertiary/aromatic N) is 2. The van der Waals surface area contributed by atoms with E-state index < -0.39 is 0 Å². The minimum atomic E-state index is -0.292. The van der Waals surface area contributed by atoms with Gasteiger partial charge in [0.05, 0.1) is 12.2 Å². The minimum Gasteiger partial charge on any atom is -0.306 e. The standard InChI is InChI=1S/C14H16FN3/c1-3-18-14(11-4-6-16-8-10(11)2)12-5-7-17-9-13(12)15/h4-9,14,18H,3H2,1-2H3. The van der Waals surface area contributed by atoms with Crippen molar-refractivity contribution in [3.8, 4) is 0 Å². The highest BCUT2D eigenvalue weighted by Crippen LogP contribution is 2.25. The summed E-state index contributed by atoms with van der Waals surface area (Å²) >= 11 is 0. The first-order valence-corrected chi connectivity index (χ1v) is 5.97. The fraction of sp³-hybridized carbons (Fsp3) is 0.286. The van der Waals surface area contributed by atoms with Crippen LogP contribution < -0.4 is 5.32 Å². The van der Waals surface area contributed by atoms with Gasteiger partial charge in [0.1, 0.15) is 5.82 Å². The monoisotopic (exact) mass is 245 g/mol. The van der Waals surface area contributed by atoms with E-state index in [2.05, 4.69) is 15.3 Å². The topological polar surface area (TPSA) is 37.8 Å².